The Hall–Kier alpha value is -2.82. The van der Waals surface area contributed by atoms with Gasteiger partial charge < -0.3 is 19.3 Å². The van der Waals surface area contributed by atoms with Gasteiger partial charge in [-0.25, -0.2) is 0 Å². The Morgan fingerprint density at radius 3 is 1.50 bits per heavy atom. The molecule has 158 valence electrons. The number of rotatable bonds is 9. The molecule has 0 aliphatic rings. The summed E-state index contributed by atoms with van der Waals surface area (Å²) in [5, 5.41) is 9.63. The molecule has 4 heteroatoms. The summed E-state index contributed by atoms with van der Waals surface area (Å²) in [4.78, 5) is 0. The summed E-state index contributed by atoms with van der Waals surface area (Å²) in [5.41, 5.74) is 1.51. The monoisotopic (exact) mass is 406 g/mol. The fourth-order valence-electron chi connectivity index (χ4n) is 3.74. The lowest BCUT2D eigenvalue weighted by Crippen LogP contribution is -2.41. The van der Waals surface area contributed by atoms with Crippen molar-refractivity contribution in [2.24, 2.45) is 0 Å². The number of ether oxygens (including phenoxy) is 3. The second-order valence-corrected chi connectivity index (χ2v) is 7.84. The summed E-state index contributed by atoms with van der Waals surface area (Å²) in [6, 6.07) is 26.1. The molecule has 0 aromatic heterocycles. The van der Waals surface area contributed by atoms with Gasteiger partial charge in [-0.2, -0.15) is 0 Å². The van der Waals surface area contributed by atoms with E-state index in [1.165, 1.54) is 0 Å². The maximum absolute atomic E-state index is 9.63. The van der Waals surface area contributed by atoms with Crippen molar-refractivity contribution in [2.45, 2.75) is 31.5 Å². The molecule has 0 unspecified atom stereocenters. The quantitative estimate of drug-likeness (QED) is 0.498. The van der Waals surface area contributed by atoms with Crippen molar-refractivity contribution in [3.8, 4) is 11.5 Å². The molecule has 0 saturated carbocycles. The predicted molar refractivity (Wildman–Crippen MR) is 119 cm³/mol. The fourth-order valence-corrected chi connectivity index (χ4v) is 3.74. The number of benzene rings is 3. The van der Waals surface area contributed by atoms with Crippen molar-refractivity contribution >= 4 is 0 Å². The van der Waals surface area contributed by atoms with E-state index in [-0.39, 0.29) is 6.61 Å². The molecular weight excluding hydrogens is 376 g/mol. The highest BCUT2D eigenvalue weighted by atomic mass is 16.5. The van der Waals surface area contributed by atoms with Gasteiger partial charge in [-0.3, -0.25) is 0 Å². The minimum absolute atomic E-state index is 0.0447. The molecule has 3 aromatic rings. The first-order valence-corrected chi connectivity index (χ1v) is 10.1. The van der Waals surface area contributed by atoms with Gasteiger partial charge in [0.25, 0.3) is 0 Å². The van der Waals surface area contributed by atoms with Crippen molar-refractivity contribution in [2.75, 3.05) is 20.8 Å². The average molecular weight is 407 g/mol. The third kappa shape index (κ3) is 4.50. The minimum atomic E-state index is -0.877. The predicted octanol–water partition coefficient (Wildman–Crippen LogP) is 5.17. The highest BCUT2D eigenvalue weighted by Crippen LogP contribution is 2.44. The van der Waals surface area contributed by atoms with E-state index >= 15 is 0 Å². The number of aliphatic hydroxyl groups is 1. The molecule has 0 heterocycles. The van der Waals surface area contributed by atoms with E-state index < -0.39 is 11.2 Å². The number of hydrogen-bond acceptors (Lipinski definition) is 4. The summed E-state index contributed by atoms with van der Waals surface area (Å²) in [5.74, 6) is 1.56. The van der Waals surface area contributed by atoms with Crippen LogP contribution < -0.4 is 9.47 Å². The van der Waals surface area contributed by atoms with E-state index in [9.17, 15) is 5.11 Å². The Kier molecular flexibility index (Phi) is 6.80. The van der Waals surface area contributed by atoms with Gasteiger partial charge in [0.2, 0.25) is 0 Å². The Morgan fingerprint density at radius 1 is 0.667 bits per heavy atom. The third-order valence-electron chi connectivity index (χ3n) is 5.32. The Bertz CT molecular complexity index is 868. The van der Waals surface area contributed by atoms with Gasteiger partial charge in [-0.05, 0) is 61.2 Å². The first kappa shape index (κ1) is 21.9. The zero-order valence-electron chi connectivity index (χ0n) is 18.1. The molecule has 3 rings (SSSR count). The van der Waals surface area contributed by atoms with E-state index in [1.807, 2.05) is 80.6 Å². The molecule has 30 heavy (non-hydrogen) atoms. The lowest BCUT2D eigenvalue weighted by molar-refractivity contribution is -0.111. The maximum atomic E-state index is 9.63. The van der Waals surface area contributed by atoms with Crippen LogP contribution in [0.1, 0.15) is 37.0 Å². The largest absolute Gasteiger partial charge is 0.497 e. The lowest BCUT2D eigenvalue weighted by atomic mass is 9.79. The summed E-state index contributed by atoms with van der Waals surface area (Å²) in [6.07, 6.45) is 0.508. The van der Waals surface area contributed by atoms with Crippen LogP contribution in [0, 0.1) is 0 Å². The highest BCUT2D eigenvalue weighted by Gasteiger charge is 2.42. The van der Waals surface area contributed by atoms with Crippen molar-refractivity contribution < 1.29 is 19.3 Å². The number of aliphatic hydroxyl groups excluding tert-OH is 1. The molecule has 0 radical (unpaired) electrons. The van der Waals surface area contributed by atoms with Crippen LogP contribution in [0.5, 0.6) is 11.5 Å². The summed E-state index contributed by atoms with van der Waals surface area (Å²) >= 11 is 0. The zero-order valence-corrected chi connectivity index (χ0v) is 18.1. The normalized spacial score (nSPS) is 11.9. The van der Waals surface area contributed by atoms with Crippen molar-refractivity contribution in [3.63, 3.8) is 0 Å². The van der Waals surface area contributed by atoms with Gasteiger partial charge in [0.15, 0.2) is 0 Å². The maximum Gasteiger partial charge on any atom is 0.144 e. The van der Waals surface area contributed by atoms with Crippen LogP contribution in [0.25, 0.3) is 0 Å². The lowest BCUT2D eigenvalue weighted by Gasteiger charge is -2.42. The standard InChI is InChI=1S/C26H30O4/c1-25(2,18-19-27)30-26(20-8-6-5-7-9-20,21-10-14-23(28-3)15-11-21)22-12-16-24(29-4)17-13-22/h5-17,27H,18-19H2,1-4H3. The second kappa shape index (κ2) is 9.33. The highest BCUT2D eigenvalue weighted by molar-refractivity contribution is 5.50. The molecular formula is C26H30O4. The van der Waals surface area contributed by atoms with E-state index in [1.54, 1.807) is 14.2 Å². The topological polar surface area (TPSA) is 47.9 Å². The van der Waals surface area contributed by atoms with E-state index in [2.05, 4.69) is 12.1 Å². The molecule has 0 fully saturated rings. The SMILES string of the molecule is COc1ccc(C(OC(C)(C)CCO)(c2ccccc2)c2ccc(OC)cc2)cc1. The smallest absolute Gasteiger partial charge is 0.144 e. The van der Waals surface area contributed by atoms with Crippen molar-refractivity contribution in [3.05, 3.63) is 95.6 Å². The van der Waals surface area contributed by atoms with Crippen LogP contribution >= 0.6 is 0 Å². The van der Waals surface area contributed by atoms with Gasteiger partial charge in [0.1, 0.15) is 17.1 Å². The van der Waals surface area contributed by atoms with Gasteiger partial charge in [0, 0.05) is 6.61 Å². The Labute approximate surface area is 179 Å². The van der Waals surface area contributed by atoms with Crippen LogP contribution in [0.15, 0.2) is 78.9 Å². The molecule has 4 nitrogen and oxygen atoms in total. The van der Waals surface area contributed by atoms with Crippen LogP contribution in [-0.4, -0.2) is 31.5 Å². The van der Waals surface area contributed by atoms with Gasteiger partial charge >= 0.3 is 0 Å². The zero-order chi connectivity index (χ0) is 21.6. The van der Waals surface area contributed by atoms with E-state index in [0.29, 0.717) is 6.42 Å². The summed E-state index contributed by atoms with van der Waals surface area (Å²) < 4.78 is 17.7. The van der Waals surface area contributed by atoms with Gasteiger partial charge in [-0.1, -0.05) is 54.6 Å². The van der Waals surface area contributed by atoms with Gasteiger partial charge in [-0.15, -0.1) is 0 Å². The molecule has 1 N–H and O–H groups in total. The fraction of sp³-hybridized carbons (Fsp3) is 0.308. The summed E-state index contributed by atoms with van der Waals surface area (Å²) in [6.45, 7) is 4.06. The molecule has 0 bridgehead atoms. The molecule has 0 aliphatic heterocycles. The van der Waals surface area contributed by atoms with Crippen LogP contribution in [0.2, 0.25) is 0 Å². The molecule has 0 spiro atoms. The molecule has 0 aliphatic carbocycles. The third-order valence-corrected chi connectivity index (χ3v) is 5.32. The van der Waals surface area contributed by atoms with Crippen molar-refractivity contribution in [1.82, 2.24) is 0 Å². The molecule has 0 atom stereocenters. The first-order valence-electron chi connectivity index (χ1n) is 10.1. The Morgan fingerprint density at radius 2 is 1.10 bits per heavy atom. The van der Waals surface area contributed by atoms with Crippen LogP contribution in [0.3, 0.4) is 0 Å². The van der Waals surface area contributed by atoms with Gasteiger partial charge in [0.05, 0.1) is 19.8 Å². The average Bonchev–Trinajstić information content (AvgIpc) is 2.78. The van der Waals surface area contributed by atoms with Crippen molar-refractivity contribution in [1.29, 1.82) is 0 Å². The molecule has 3 aromatic carbocycles. The Balaban J connectivity index is 2.28. The van der Waals surface area contributed by atoms with E-state index in [4.69, 9.17) is 14.2 Å². The number of hydrogen-bond donors (Lipinski definition) is 1. The summed E-state index contributed by atoms with van der Waals surface area (Å²) in [7, 11) is 3.31. The molecule has 0 amide bonds. The number of methoxy groups -OCH3 is 2. The van der Waals surface area contributed by atoms with Crippen LogP contribution in [-0.2, 0) is 10.3 Å². The van der Waals surface area contributed by atoms with Crippen LogP contribution in [0.4, 0.5) is 0 Å². The minimum Gasteiger partial charge on any atom is -0.497 e. The molecule has 0 saturated heterocycles. The second-order valence-electron chi connectivity index (χ2n) is 7.84. The van der Waals surface area contributed by atoms with E-state index in [0.717, 1.165) is 28.2 Å². The first-order chi connectivity index (χ1) is 14.4.